The number of aliphatic hydroxyl groups excluding tert-OH is 2. The van der Waals surface area contributed by atoms with Gasteiger partial charge in [-0.15, -0.1) is 0 Å². The summed E-state index contributed by atoms with van der Waals surface area (Å²) in [6.45, 7) is 0.0995. The fourth-order valence-electron chi connectivity index (χ4n) is 1.04. The van der Waals surface area contributed by atoms with E-state index in [9.17, 15) is 10.2 Å². The van der Waals surface area contributed by atoms with Crippen molar-refractivity contribution < 1.29 is 10.2 Å². The Kier molecular flexibility index (Phi) is 4.94. The highest BCUT2D eigenvalue weighted by atomic mass is 35.5. The van der Waals surface area contributed by atoms with E-state index >= 15 is 0 Å². The fraction of sp³-hybridized carbons (Fsp3) is 0.500. The van der Waals surface area contributed by atoms with Crippen LogP contribution in [0.4, 0.5) is 0 Å². The minimum absolute atomic E-state index is 0.0813. The van der Waals surface area contributed by atoms with Gasteiger partial charge < -0.3 is 10.2 Å². The summed E-state index contributed by atoms with van der Waals surface area (Å²) in [5.74, 6) is 0.0813. The Hall–Kier alpha value is -1.40. The molecule has 0 bridgehead atoms. The van der Waals surface area contributed by atoms with Gasteiger partial charge in [0, 0.05) is 23.9 Å². The normalized spacial score (nSPS) is 13.9. The second kappa shape index (κ2) is 6.24. The number of hydrogen-bond donors (Lipinski definition) is 2. The number of aromatic nitrogens is 2. The predicted octanol–water partition coefficient (Wildman–Crippen LogP) is 1.22. The van der Waals surface area contributed by atoms with Gasteiger partial charge in [0.05, 0.1) is 11.1 Å². The van der Waals surface area contributed by atoms with Crippen LogP contribution in [0.2, 0.25) is 5.02 Å². The van der Waals surface area contributed by atoms with Crippen LogP contribution in [0.1, 0.15) is 18.3 Å². The van der Waals surface area contributed by atoms with Crippen molar-refractivity contribution in [3.63, 3.8) is 0 Å². The first-order chi connectivity index (χ1) is 7.65. The molecule has 7 nitrogen and oxygen atoms in total. The largest absolute Gasteiger partial charge is 0.390 e. The SMILES string of the molecule is [N-]=[N+]=NCCC(O)C(O)c1ncc(Cl)cn1. The van der Waals surface area contributed by atoms with E-state index in [0.29, 0.717) is 5.02 Å². The highest BCUT2D eigenvalue weighted by molar-refractivity contribution is 6.30. The molecular formula is C8H10ClN5O2. The second-order valence-corrected chi connectivity index (χ2v) is 3.45. The molecule has 0 aromatic carbocycles. The molecule has 0 saturated carbocycles. The summed E-state index contributed by atoms with van der Waals surface area (Å²) >= 11 is 5.57. The van der Waals surface area contributed by atoms with E-state index in [-0.39, 0.29) is 18.8 Å². The average Bonchev–Trinajstić information content (AvgIpc) is 2.29. The standard InChI is InChI=1S/C8H10ClN5O2/c9-5-3-11-8(12-4-5)7(16)6(15)1-2-13-14-10/h3-4,6-7,15-16H,1-2H2. The molecule has 2 N–H and O–H groups in total. The number of halogens is 1. The van der Waals surface area contributed by atoms with Gasteiger partial charge in [0.1, 0.15) is 6.10 Å². The van der Waals surface area contributed by atoms with Gasteiger partial charge in [0.25, 0.3) is 0 Å². The highest BCUT2D eigenvalue weighted by Gasteiger charge is 2.20. The molecule has 8 heteroatoms. The van der Waals surface area contributed by atoms with Gasteiger partial charge in [-0.25, -0.2) is 9.97 Å². The van der Waals surface area contributed by atoms with Crippen LogP contribution in [0.25, 0.3) is 10.4 Å². The Morgan fingerprint density at radius 1 is 1.44 bits per heavy atom. The van der Waals surface area contributed by atoms with Gasteiger partial charge in [-0.1, -0.05) is 16.7 Å². The van der Waals surface area contributed by atoms with E-state index < -0.39 is 12.2 Å². The van der Waals surface area contributed by atoms with Crippen LogP contribution in [0.15, 0.2) is 17.5 Å². The molecule has 1 aromatic rings. The maximum atomic E-state index is 9.63. The lowest BCUT2D eigenvalue weighted by Gasteiger charge is -2.15. The van der Waals surface area contributed by atoms with Gasteiger partial charge >= 0.3 is 0 Å². The molecule has 1 heterocycles. The average molecular weight is 244 g/mol. The van der Waals surface area contributed by atoms with E-state index in [4.69, 9.17) is 17.1 Å². The Bertz CT molecular complexity index is 379. The number of hydrogen-bond acceptors (Lipinski definition) is 5. The Balaban J connectivity index is 2.58. The van der Waals surface area contributed by atoms with Crippen molar-refractivity contribution in [2.45, 2.75) is 18.6 Å². The Labute approximate surface area is 96.4 Å². The summed E-state index contributed by atoms with van der Waals surface area (Å²) in [5, 5.41) is 22.7. The number of rotatable bonds is 5. The molecule has 0 aliphatic carbocycles. The molecule has 16 heavy (non-hydrogen) atoms. The van der Waals surface area contributed by atoms with Crippen LogP contribution in [0, 0.1) is 0 Å². The topological polar surface area (TPSA) is 115 Å². The van der Waals surface area contributed by atoms with Crippen molar-refractivity contribution in [1.82, 2.24) is 9.97 Å². The summed E-state index contributed by atoms with van der Waals surface area (Å²) < 4.78 is 0. The first-order valence-corrected chi connectivity index (χ1v) is 4.87. The van der Waals surface area contributed by atoms with Crippen LogP contribution in [-0.4, -0.2) is 32.8 Å². The third-order valence-electron chi connectivity index (χ3n) is 1.86. The summed E-state index contributed by atoms with van der Waals surface area (Å²) in [7, 11) is 0. The van der Waals surface area contributed by atoms with E-state index in [2.05, 4.69) is 20.0 Å². The molecule has 0 aliphatic heterocycles. The summed E-state index contributed by atoms with van der Waals surface area (Å²) in [4.78, 5) is 10.1. The van der Waals surface area contributed by atoms with Crippen LogP contribution in [0.5, 0.6) is 0 Å². The van der Waals surface area contributed by atoms with Crippen molar-refractivity contribution in [2.24, 2.45) is 5.11 Å². The van der Waals surface area contributed by atoms with Crippen molar-refractivity contribution in [2.75, 3.05) is 6.54 Å². The minimum atomic E-state index is -1.22. The lowest BCUT2D eigenvalue weighted by atomic mass is 10.1. The molecule has 1 rings (SSSR count). The molecule has 0 aliphatic rings. The lowest BCUT2D eigenvalue weighted by Crippen LogP contribution is -2.21. The summed E-state index contributed by atoms with van der Waals surface area (Å²) in [6, 6.07) is 0. The molecule has 2 atom stereocenters. The van der Waals surface area contributed by atoms with Crippen molar-refractivity contribution in [3.8, 4) is 0 Å². The lowest BCUT2D eigenvalue weighted by molar-refractivity contribution is 0.00975. The monoisotopic (exact) mass is 243 g/mol. The molecule has 0 radical (unpaired) electrons. The first-order valence-electron chi connectivity index (χ1n) is 4.49. The van der Waals surface area contributed by atoms with Crippen LogP contribution < -0.4 is 0 Å². The molecule has 0 saturated heterocycles. The van der Waals surface area contributed by atoms with Gasteiger partial charge in [0.2, 0.25) is 0 Å². The zero-order valence-corrected chi connectivity index (χ0v) is 8.99. The molecule has 86 valence electrons. The zero-order valence-electron chi connectivity index (χ0n) is 8.23. The van der Waals surface area contributed by atoms with E-state index in [1.165, 1.54) is 12.4 Å². The molecule has 0 spiro atoms. The highest BCUT2D eigenvalue weighted by Crippen LogP contribution is 2.15. The third-order valence-corrected chi connectivity index (χ3v) is 2.05. The fourth-order valence-corrected chi connectivity index (χ4v) is 1.14. The van der Waals surface area contributed by atoms with Gasteiger partial charge in [-0.05, 0) is 12.0 Å². The quantitative estimate of drug-likeness (QED) is 0.460. The smallest absolute Gasteiger partial charge is 0.159 e. The van der Waals surface area contributed by atoms with Gasteiger partial charge in [-0.3, -0.25) is 0 Å². The Morgan fingerprint density at radius 3 is 2.62 bits per heavy atom. The number of azide groups is 1. The summed E-state index contributed by atoms with van der Waals surface area (Å²) in [6.07, 6.45) is 0.496. The van der Waals surface area contributed by atoms with Crippen LogP contribution in [-0.2, 0) is 0 Å². The minimum Gasteiger partial charge on any atom is -0.390 e. The van der Waals surface area contributed by atoms with Crippen molar-refractivity contribution in [1.29, 1.82) is 0 Å². The maximum Gasteiger partial charge on any atom is 0.159 e. The molecule has 2 unspecified atom stereocenters. The maximum absolute atomic E-state index is 9.63. The zero-order chi connectivity index (χ0) is 12.0. The van der Waals surface area contributed by atoms with Crippen LogP contribution in [0.3, 0.4) is 0 Å². The molecule has 0 amide bonds. The Morgan fingerprint density at radius 2 is 2.06 bits per heavy atom. The number of nitrogens with zero attached hydrogens (tertiary/aromatic N) is 5. The van der Waals surface area contributed by atoms with Crippen LogP contribution >= 0.6 is 11.6 Å². The van der Waals surface area contributed by atoms with Gasteiger partial charge in [0.15, 0.2) is 5.82 Å². The van der Waals surface area contributed by atoms with Crippen molar-refractivity contribution in [3.05, 3.63) is 33.7 Å². The molecular weight excluding hydrogens is 234 g/mol. The van der Waals surface area contributed by atoms with Gasteiger partial charge in [-0.2, -0.15) is 0 Å². The summed E-state index contributed by atoms with van der Waals surface area (Å²) in [5.41, 5.74) is 8.04. The number of aliphatic hydroxyl groups is 2. The first kappa shape index (κ1) is 12.7. The van der Waals surface area contributed by atoms with E-state index in [1.54, 1.807) is 0 Å². The third kappa shape index (κ3) is 3.63. The molecule has 0 fully saturated rings. The van der Waals surface area contributed by atoms with E-state index in [1.807, 2.05) is 0 Å². The van der Waals surface area contributed by atoms with E-state index in [0.717, 1.165) is 0 Å². The molecule has 1 aromatic heterocycles. The second-order valence-electron chi connectivity index (χ2n) is 3.01. The predicted molar refractivity (Wildman–Crippen MR) is 56.6 cm³/mol. The van der Waals surface area contributed by atoms with Crippen molar-refractivity contribution >= 4 is 11.6 Å².